The van der Waals surface area contributed by atoms with Gasteiger partial charge in [-0.25, -0.2) is 8.78 Å². The van der Waals surface area contributed by atoms with E-state index < -0.39 is 17.5 Å². The van der Waals surface area contributed by atoms with Crippen LogP contribution in [0.3, 0.4) is 0 Å². The Kier molecular flexibility index (Phi) is 3.61. The predicted molar refractivity (Wildman–Crippen MR) is 58.7 cm³/mol. The summed E-state index contributed by atoms with van der Waals surface area (Å²) >= 11 is 0. The number of hydrogen-bond acceptors (Lipinski definition) is 3. The van der Waals surface area contributed by atoms with Gasteiger partial charge in [0, 0.05) is 12.7 Å². The highest BCUT2D eigenvalue weighted by atomic mass is 19.2. The normalized spacial score (nSPS) is 10.3. The fourth-order valence-electron chi connectivity index (χ4n) is 1.41. The Balaban J connectivity index is 1.93. The van der Waals surface area contributed by atoms with Crippen molar-refractivity contribution in [2.75, 3.05) is 6.54 Å². The molecule has 0 atom stereocenters. The third-order valence-corrected chi connectivity index (χ3v) is 2.29. The number of nitrogens with one attached hydrogen (secondary N) is 1. The first-order valence-electron chi connectivity index (χ1n) is 5.25. The molecule has 1 aromatic heterocycles. The molecule has 18 heavy (non-hydrogen) atoms. The monoisotopic (exact) mass is 252 g/mol. The summed E-state index contributed by atoms with van der Waals surface area (Å²) in [4.78, 5) is 11.6. The van der Waals surface area contributed by atoms with Gasteiger partial charge < -0.3 is 5.32 Å². The van der Waals surface area contributed by atoms with Gasteiger partial charge in [-0.3, -0.25) is 9.48 Å². The molecule has 5 nitrogen and oxygen atoms in total. The number of carbonyl (C=O) groups is 1. The van der Waals surface area contributed by atoms with Crippen LogP contribution in [0.1, 0.15) is 10.4 Å². The molecule has 2 rings (SSSR count). The molecule has 0 aliphatic heterocycles. The van der Waals surface area contributed by atoms with E-state index in [0.29, 0.717) is 6.54 Å². The second kappa shape index (κ2) is 5.35. The van der Waals surface area contributed by atoms with E-state index in [1.54, 1.807) is 6.20 Å². The van der Waals surface area contributed by atoms with Crippen molar-refractivity contribution in [3.8, 4) is 0 Å². The predicted octanol–water partition coefficient (Wildman–Crippen LogP) is 0.986. The van der Waals surface area contributed by atoms with E-state index in [-0.39, 0.29) is 12.1 Å². The van der Waals surface area contributed by atoms with Crippen LogP contribution in [0.4, 0.5) is 8.78 Å². The molecule has 0 aliphatic carbocycles. The molecule has 0 aliphatic rings. The summed E-state index contributed by atoms with van der Waals surface area (Å²) in [5.41, 5.74) is -0.311. The smallest absolute Gasteiger partial charge is 0.254 e. The summed E-state index contributed by atoms with van der Waals surface area (Å²) in [6, 6.07) is 3.47. The van der Waals surface area contributed by atoms with Gasteiger partial charge in [0.15, 0.2) is 11.6 Å². The third-order valence-electron chi connectivity index (χ3n) is 2.29. The maximum atomic E-state index is 13.3. The van der Waals surface area contributed by atoms with Gasteiger partial charge in [-0.05, 0) is 12.1 Å². The maximum absolute atomic E-state index is 13.3. The minimum atomic E-state index is -1.14. The summed E-state index contributed by atoms with van der Waals surface area (Å²) < 4.78 is 27.7. The number of nitrogens with zero attached hydrogens (tertiary/aromatic N) is 3. The van der Waals surface area contributed by atoms with Crippen LogP contribution in [0.15, 0.2) is 30.6 Å². The molecule has 1 N–H and O–H groups in total. The molecule has 1 heterocycles. The number of aromatic nitrogens is 3. The van der Waals surface area contributed by atoms with Crippen molar-refractivity contribution >= 4 is 5.91 Å². The quantitative estimate of drug-likeness (QED) is 0.882. The van der Waals surface area contributed by atoms with Crippen molar-refractivity contribution in [3.05, 3.63) is 47.8 Å². The molecule has 0 spiro atoms. The van der Waals surface area contributed by atoms with E-state index in [9.17, 15) is 13.6 Å². The van der Waals surface area contributed by atoms with Gasteiger partial charge in [-0.1, -0.05) is 11.3 Å². The molecule has 2 aromatic rings. The lowest BCUT2D eigenvalue weighted by Gasteiger charge is -2.06. The van der Waals surface area contributed by atoms with Crippen molar-refractivity contribution in [3.63, 3.8) is 0 Å². The second-order valence-electron chi connectivity index (χ2n) is 3.52. The standard InChI is InChI=1S/C11H10F2N4O/c12-9-3-1-2-8(10(9)13)11(18)14-4-6-17-7-5-15-16-17/h1-3,5,7H,4,6H2,(H,14,18). The zero-order valence-corrected chi connectivity index (χ0v) is 9.31. The Bertz CT molecular complexity index is 542. The van der Waals surface area contributed by atoms with Gasteiger partial charge in [0.05, 0.1) is 18.3 Å². The van der Waals surface area contributed by atoms with Gasteiger partial charge in [0.2, 0.25) is 0 Å². The summed E-state index contributed by atoms with van der Waals surface area (Å²) in [5.74, 6) is -2.85. The minimum absolute atomic E-state index is 0.248. The molecular weight excluding hydrogens is 242 g/mol. The molecule has 7 heteroatoms. The number of hydrogen-bond donors (Lipinski definition) is 1. The molecule has 0 saturated heterocycles. The lowest BCUT2D eigenvalue weighted by molar-refractivity contribution is 0.0947. The fraction of sp³-hybridized carbons (Fsp3) is 0.182. The highest BCUT2D eigenvalue weighted by Gasteiger charge is 2.14. The molecule has 1 aromatic carbocycles. The highest BCUT2D eigenvalue weighted by Crippen LogP contribution is 2.10. The van der Waals surface area contributed by atoms with Gasteiger partial charge in [-0.15, -0.1) is 5.10 Å². The molecule has 1 amide bonds. The number of halogens is 2. The Morgan fingerprint density at radius 1 is 1.39 bits per heavy atom. The van der Waals surface area contributed by atoms with E-state index >= 15 is 0 Å². The number of benzene rings is 1. The molecule has 0 fully saturated rings. The average Bonchev–Trinajstić information content (AvgIpc) is 2.85. The third kappa shape index (κ3) is 2.68. The van der Waals surface area contributed by atoms with Crippen molar-refractivity contribution in [1.82, 2.24) is 20.3 Å². The van der Waals surface area contributed by atoms with Crippen molar-refractivity contribution in [1.29, 1.82) is 0 Å². The number of carbonyl (C=O) groups excluding carboxylic acids is 1. The Hall–Kier alpha value is -2.31. The summed E-state index contributed by atoms with van der Waals surface area (Å²) in [7, 11) is 0. The van der Waals surface area contributed by atoms with E-state index in [4.69, 9.17) is 0 Å². The van der Waals surface area contributed by atoms with Crippen LogP contribution in [0.2, 0.25) is 0 Å². The fourth-order valence-corrected chi connectivity index (χ4v) is 1.41. The summed E-state index contributed by atoms with van der Waals surface area (Å²) in [6.45, 7) is 0.654. The molecule has 94 valence electrons. The van der Waals surface area contributed by atoms with Gasteiger partial charge in [-0.2, -0.15) is 0 Å². The molecule has 0 unspecified atom stereocenters. The molecule has 0 saturated carbocycles. The number of rotatable bonds is 4. The molecule has 0 bridgehead atoms. The lowest BCUT2D eigenvalue weighted by Crippen LogP contribution is -2.28. The van der Waals surface area contributed by atoms with Crippen LogP contribution in [0, 0.1) is 11.6 Å². The van der Waals surface area contributed by atoms with Gasteiger partial charge in [0.25, 0.3) is 5.91 Å². The first-order valence-corrected chi connectivity index (χ1v) is 5.25. The van der Waals surface area contributed by atoms with Crippen LogP contribution in [0.25, 0.3) is 0 Å². The highest BCUT2D eigenvalue weighted by molar-refractivity contribution is 5.94. The summed E-state index contributed by atoms with van der Waals surface area (Å²) in [6.07, 6.45) is 3.14. The van der Waals surface area contributed by atoms with Crippen molar-refractivity contribution < 1.29 is 13.6 Å². The van der Waals surface area contributed by atoms with Crippen molar-refractivity contribution in [2.24, 2.45) is 0 Å². The van der Waals surface area contributed by atoms with E-state index in [1.165, 1.54) is 23.0 Å². The van der Waals surface area contributed by atoms with Crippen LogP contribution in [-0.4, -0.2) is 27.4 Å². The number of amides is 1. The molecular formula is C11H10F2N4O. The summed E-state index contributed by atoms with van der Waals surface area (Å²) in [5, 5.41) is 9.76. The SMILES string of the molecule is O=C(NCCn1ccnn1)c1cccc(F)c1F. The Morgan fingerprint density at radius 3 is 2.94 bits per heavy atom. The van der Waals surface area contributed by atoms with E-state index in [2.05, 4.69) is 15.6 Å². The first kappa shape index (κ1) is 12.2. The zero-order chi connectivity index (χ0) is 13.0. The minimum Gasteiger partial charge on any atom is -0.350 e. The Morgan fingerprint density at radius 2 is 2.22 bits per heavy atom. The first-order chi connectivity index (χ1) is 8.68. The van der Waals surface area contributed by atoms with Gasteiger partial charge >= 0.3 is 0 Å². The van der Waals surface area contributed by atoms with Crippen LogP contribution in [-0.2, 0) is 6.54 Å². The Labute approximate surface area is 101 Å². The van der Waals surface area contributed by atoms with E-state index in [0.717, 1.165) is 6.07 Å². The van der Waals surface area contributed by atoms with Crippen molar-refractivity contribution in [2.45, 2.75) is 6.54 Å². The van der Waals surface area contributed by atoms with Crippen LogP contribution >= 0.6 is 0 Å². The molecule has 0 radical (unpaired) electrons. The van der Waals surface area contributed by atoms with E-state index in [1.807, 2.05) is 0 Å². The lowest BCUT2D eigenvalue weighted by atomic mass is 10.2. The van der Waals surface area contributed by atoms with Gasteiger partial charge in [0.1, 0.15) is 0 Å². The zero-order valence-electron chi connectivity index (χ0n) is 9.31. The second-order valence-corrected chi connectivity index (χ2v) is 3.52. The largest absolute Gasteiger partial charge is 0.350 e. The maximum Gasteiger partial charge on any atom is 0.254 e. The van der Waals surface area contributed by atoms with Crippen LogP contribution in [0.5, 0.6) is 0 Å². The van der Waals surface area contributed by atoms with Crippen LogP contribution < -0.4 is 5.32 Å². The topological polar surface area (TPSA) is 59.8 Å². The average molecular weight is 252 g/mol.